The third-order valence-electron chi connectivity index (χ3n) is 3.04. The third-order valence-corrected chi connectivity index (χ3v) is 3.04. The van der Waals surface area contributed by atoms with Gasteiger partial charge in [0.1, 0.15) is 6.29 Å². The molecule has 0 saturated heterocycles. The number of aldehydes is 1. The van der Waals surface area contributed by atoms with Crippen molar-refractivity contribution in [3.63, 3.8) is 0 Å². The molecule has 0 aliphatic rings. The van der Waals surface area contributed by atoms with E-state index >= 15 is 0 Å². The number of carbonyl (C=O) groups excluding carboxylic acids is 1. The number of carbonyl (C=O) groups is 1. The molecule has 0 aliphatic heterocycles. The van der Waals surface area contributed by atoms with Gasteiger partial charge in [0.2, 0.25) is 0 Å². The van der Waals surface area contributed by atoms with Crippen molar-refractivity contribution >= 4 is 17.1 Å². The van der Waals surface area contributed by atoms with E-state index in [1.807, 2.05) is 49.8 Å². The third kappa shape index (κ3) is 1.80. The lowest BCUT2D eigenvalue weighted by atomic mass is 10.0. The van der Waals surface area contributed by atoms with E-state index in [1.54, 1.807) is 4.68 Å². The first-order chi connectivity index (χ1) is 8.76. The maximum Gasteiger partial charge on any atom is 0.150 e. The van der Waals surface area contributed by atoms with Crippen LogP contribution in [0.3, 0.4) is 0 Å². The largest absolute Gasteiger partial charge is 0.298 e. The summed E-state index contributed by atoms with van der Waals surface area (Å²) in [5.74, 6) is 0. The molecule has 88 valence electrons. The number of fused-ring (bicyclic) bond motifs is 1. The minimum atomic E-state index is 0.705. The smallest absolute Gasteiger partial charge is 0.150 e. The van der Waals surface area contributed by atoms with Gasteiger partial charge in [0.15, 0.2) is 0 Å². The Morgan fingerprint density at radius 1 is 1.06 bits per heavy atom. The topological polar surface area (TPSA) is 34.9 Å². The van der Waals surface area contributed by atoms with Crippen LogP contribution in [0.5, 0.6) is 0 Å². The van der Waals surface area contributed by atoms with Crippen LogP contribution in [0.25, 0.3) is 21.9 Å². The Labute approximate surface area is 105 Å². The summed E-state index contributed by atoms with van der Waals surface area (Å²) in [6.07, 6.45) is 4.70. The Bertz CT molecular complexity index is 728. The summed E-state index contributed by atoms with van der Waals surface area (Å²) in [7, 11) is 1.90. The summed E-state index contributed by atoms with van der Waals surface area (Å²) in [5, 5.41) is 6.37. The number of aryl methyl sites for hydroxylation is 1. The van der Waals surface area contributed by atoms with Crippen LogP contribution in [-0.4, -0.2) is 16.1 Å². The van der Waals surface area contributed by atoms with Crippen molar-refractivity contribution in [2.75, 3.05) is 0 Å². The van der Waals surface area contributed by atoms with Gasteiger partial charge in [-0.3, -0.25) is 9.48 Å². The Morgan fingerprint density at radius 3 is 2.56 bits per heavy atom. The van der Waals surface area contributed by atoms with Crippen molar-refractivity contribution in [2.45, 2.75) is 0 Å². The van der Waals surface area contributed by atoms with Gasteiger partial charge in [-0.2, -0.15) is 5.10 Å². The van der Waals surface area contributed by atoms with Crippen molar-refractivity contribution in [3.05, 3.63) is 54.4 Å². The van der Waals surface area contributed by atoms with Crippen LogP contribution >= 0.6 is 0 Å². The lowest BCUT2D eigenvalue weighted by Gasteiger charge is -2.02. The number of nitrogens with zero attached hydrogens (tertiary/aromatic N) is 2. The van der Waals surface area contributed by atoms with E-state index in [1.165, 1.54) is 0 Å². The number of hydrogen-bond donors (Lipinski definition) is 0. The van der Waals surface area contributed by atoms with Crippen molar-refractivity contribution in [2.24, 2.45) is 7.05 Å². The number of aromatic nitrogens is 2. The molecule has 3 rings (SSSR count). The van der Waals surface area contributed by atoms with E-state index in [4.69, 9.17) is 0 Å². The van der Waals surface area contributed by atoms with Gasteiger partial charge in [-0.25, -0.2) is 0 Å². The fourth-order valence-corrected chi connectivity index (χ4v) is 2.09. The average Bonchev–Trinajstić information content (AvgIpc) is 2.84. The van der Waals surface area contributed by atoms with E-state index in [9.17, 15) is 4.79 Å². The molecule has 3 heteroatoms. The molecule has 3 aromatic rings. The monoisotopic (exact) mass is 236 g/mol. The van der Waals surface area contributed by atoms with E-state index in [2.05, 4.69) is 11.2 Å². The van der Waals surface area contributed by atoms with Gasteiger partial charge >= 0.3 is 0 Å². The molecule has 1 heterocycles. The van der Waals surface area contributed by atoms with Gasteiger partial charge in [0, 0.05) is 24.4 Å². The fraction of sp³-hybridized carbons (Fsp3) is 0.0667. The molecule has 0 saturated carbocycles. The second kappa shape index (κ2) is 4.11. The highest BCUT2D eigenvalue weighted by Gasteiger charge is 2.02. The maximum atomic E-state index is 10.7. The van der Waals surface area contributed by atoms with Crippen LogP contribution in [0.15, 0.2) is 48.8 Å². The quantitative estimate of drug-likeness (QED) is 0.641. The second-order valence-corrected chi connectivity index (χ2v) is 4.34. The Hall–Kier alpha value is -2.42. The highest BCUT2D eigenvalue weighted by Crippen LogP contribution is 2.24. The zero-order valence-corrected chi connectivity index (χ0v) is 10.00. The summed E-state index contributed by atoms with van der Waals surface area (Å²) in [6, 6.07) is 11.9. The first kappa shape index (κ1) is 10.7. The van der Waals surface area contributed by atoms with E-state index in [0.29, 0.717) is 5.56 Å². The van der Waals surface area contributed by atoms with Crippen LogP contribution in [0.2, 0.25) is 0 Å². The van der Waals surface area contributed by atoms with Crippen LogP contribution in [0.4, 0.5) is 0 Å². The summed E-state index contributed by atoms with van der Waals surface area (Å²) in [5.41, 5.74) is 2.94. The van der Waals surface area contributed by atoms with Crippen LogP contribution in [-0.2, 0) is 7.05 Å². The van der Waals surface area contributed by atoms with Crippen LogP contribution in [0, 0.1) is 0 Å². The van der Waals surface area contributed by atoms with E-state index < -0.39 is 0 Å². The van der Waals surface area contributed by atoms with Crippen molar-refractivity contribution in [1.82, 2.24) is 9.78 Å². The van der Waals surface area contributed by atoms with Gasteiger partial charge < -0.3 is 0 Å². The standard InChI is InChI=1S/C15H12N2O/c1-17-9-15(8-16-17)14-5-4-12-6-11(10-18)2-3-13(12)7-14/h2-10H,1H3. The molecule has 1 aromatic heterocycles. The molecule has 3 nitrogen and oxygen atoms in total. The normalized spacial score (nSPS) is 10.7. The summed E-state index contributed by atoms with van der Waals surface area (Å²) in [4.78, 5) is 10.7. The van der Waals surface area contributed by atoms with Crippen molar-refractivity contribution < 1.29 is 4.79 Å². The molecule has 0 radical (unpaired) electrons. The molecule has 0 atom stereocenters. The van der Waals surface area contributed by atoms with E-state index in [0.717, 1.165) is 28.2 Å². The SMILES string of the molecule is Cn1cc(-c2ccc3cc(C=O)ccc3c2)cn1. The highest BCUT2D eigenvalue weighted by molar-refractivity contribution is 5.91. The lowest BCUT2D eigenvalue weighted by molar-refractivity contribution is 0.112. The molecule has 0 bridgehead atoms. The predicted molar refractivity (Wildman–Crippen MR) is 71.5 cm³/mol. The molecule has 0 fully saturated rings. The average molecular weight is 236 g/mol. The summed E-state index contributed by atoms with van der Waals surface area (Å²) in [6.45, 7) is 0. The molecule has 0 amide bonds. The number of benzene rings is 2. The minimum absolute atomic E-state index is 0.705. The first-order valence-electron chi connectivity index (χ1n) is 5.74. The second-order valence-electron chi connectivity index (χ2n) is 4.34. The summed E-state index contributed by atoms with van der Waals surface area (Å²) >= 11 is 0. The van der Waals surface area contributed by atoms with E-state index in [-0.39, 0.29) is 0 Å². The van der Waals surface area contributed by atoms with Gasteiger partial charge in [0.25, 0.3) is 0 Å². The van der Waals surface area contributed by atoms with Gasteiger partial charge in [0.05, 0.1) is 6.20 Å². The molecule has 0 N–H and O–H groups in total. The Kier molecular flexibility index (Phi) is 2.45. The maximum absolute atomic E-state index is 10.7. The van der Waals surface area contributed by atoms with Gasteiger partial charge in [-0.05, 0) is 28.5 Å². The molecule has 2 aromatic carbocycles. The zero-order valence-electron chi connectivity index (χ0n) is 10.00. The van der Waals surface area contributed by atoms with Gasteiger partial charge in [-0.1, -0.05) is 24.3 Å². The van der Waals surface area contributed by atoms with Crippen molar-refractivity contribution in [1.29, 1.82) is 0 Å². The Balaban J connectivity index is 2.14. The molecule has 0 aliphatic carbocycles. The predicted octanol–water partition coefficient (Wildman–Crippen LogP) is 3.05. The molecule has 0 unspecified atom stereocenters. The first-order valence-corrected chi connectivity index (χ1v) is 5.74. The number of hydrogen-bond acceptors (Lipinski definition) is 2. The van der Waals surface area contributed by atoms with Crippen LogP contribution < -0.4 is 0 Å². The molecular weight excluding hydrogens is 224 g/mol. The van der Waals surface area contributed by atoms with Gasteiger partial charge in [-0.15, -0.1) is 0 Å². The fourth-order valence-electron chi connectivity index (χ4n) is 2.09. The van der Waals surface area contributed by atoms with Crippen LogP contribution in [0.1, 0.15) is 10.4 Å². The number of rotatable bonds is 2. The lowest BCUT2D eigenvalue weighted by Crippen LogP contribution is -1.84. The molecular formula is C15H12N2O. The molecule has 0 spiro atoms. The molecule has 18 heavy (non-hydrogen) atoms. The highest BCUT2D eigenvalue weighted by atomic mass is 16.1. The Morgan fingerprint density at radius 2 is 1.83 bits per heavy atom. The minimum Gasteiger partial charge on any atom is -0.298 e. The van der Waals surface area contributed by atoms with Crippen molar-refractivity contribution in [3.8, 4) is 11.1 Å². The zero-order chi connectivity index (χ0) is 12.5. The summed E-state index contributed by atoms with van der Waals surface area (Å²) < 4.78 is 1.79.